The summed E-state index contributed by atoms with van der Waals surface area (Å²) in [5, 5.41) is 2.96. The topological polar surface area (TPSA) is 69.7 Å². The number of rotatable bonds is 9. The molecule has 3 amide bonds. The molecule has 37 heavy (non-hydrogen) atoms. The van der Waals surface area contributed by atoms with Crippen LogP contribution >= 0.6 is 24.0 Å². The van der Waals surface area contributed by atoms with Gasteiger partial charge in [-0.25, -0.2) is 0 Å². The van der Waals surface area contributed by atoms with Crippen molar-refractivity contribution >= 4 is 63.0 Å². The minimum atomic E-state index is -0.351. The Morgan fingerprint density at radius 1 is 1.00 bits per heavy atom. The number of fused-ring (bicyclic) bond motifs is 1. The van der Waals surface area contributed by atoms with Crippen LogP contribution in [0.15, 0.2) is 47.4 Å². The third-order valence-corrected chi connectivity index (χ3v) is 8.48. The fraction of sp³-hybridized carbons (Fsp3) is 0.379. The second-order valence-corrected chi connectivity index (χ2v) is 11.3. The summed E-state index contributed by atoms with van der Waals surface area (Å²) in [6, 6.07) is 13.1. The molecule has 2 heterocycles. The fourth-order valence-corrected chi connectivity index (χ4v) is 6.22. The lowest BCUT2D eigenvalue weighted by Crippen LogP contribution is -2.36. The number of hydrogen-bond donors (Lipinski definition) is 1. The van der Waals surface area contributed by atoms with Crippen LogP contribution in [-0.4, -0.2) is 40.0 Å². The molecule has 0 aromatic heterocycles. The third kappa shape index (κ3) is 5.50. The molecule has 1 saturated heterocycles. The summed E-state index contributed by atoms with van der Waals surface area (Å²) >= 11 is 6.78. The van der Waals surface area contributed by atoms with Crippen molar-refractivity contribution in [1.82, 2.24) is 4.90 Å². The lowest BCUT2D eigenvalue weighted by molar-refractivity contribution is -0.123. The van der Waals surface area contributed by atoms with Gasteiger partial charge in [0.05, 0.1) is 16.2 Å². The van der Waals surface area contributed by atoms with E-state index in [0.29, 0.717) is 38.5 Å². The fourth-order valence-electron chi connectivity index (χ4n) is 4.87. The minimum Gasteiger partial charge on any atom is -0.324 e. The lowest BCUT2D eigenvalue weighted by Gasteiger charge is -2.21. The number of nitrogens with one attached hydrogen (secondary N) is 1. The van der Waals surface area contributed by atoms with Gasteiger partial charge in [-0.1, -0.05) is 93.5 Å². The summed E-state index contributed by atoms with van der Waals surface area (Å²) < 4.78 is 0.485. The molecule has 0 radical (unpaired) electrons. The van der Waals surface area contributed by atoms with E-state index in [4.69, 9.17) is 12.2 Å². The van der Waals surface area contributed by atoms with E-state index in [2.05, 4.69) is 19.2 Å². The number of benzene rings is 2. The average molecular weight is 536 g/mol. The van der Waals surface area contributed by atoms with Crippen molar-refractivity contribution in [2.75, 3.05) is 23.3 Å². The largest absolute Gasteiger partial charge is 0.324 e. The number of para-hydroxylation sites is 2. The standard InChI is InChI=1S/C29H33N3O3S2/c1-5-7-13-20(6-2)16-32-28(35)26(37-29(32)36)24-21-14-8-9-15-22(21)31(27(24)34)17-23(33)30-25-18(3)11-10-12-19(25)4/h8-12,14-15,20H,5-7,13,16-17H2,1-4H3,(H,30,33). The molecule has 0 spiro atoms. The maximum absolute atomic E-state index is 13.7. The quantitative estimate of drug-likeness (QED) is 0.311. The van der Waals surface area contributed by atoms with Crippen LogP contribution in [0.5, 0.6) is 0 Å². The zero-order valence-electron chi connectivity index (χ0n) is 21.8. The average Bonchev–Trinajstić information content (AvgIpc) is 3.31. The minimum absolute atomic E-state index is 0.150. The van der Waals surface area contributed by atoms with E-state index in [0.717, 1.165) is 42.5 Å². The van der Waals surface area contributed by atoms with Crippen LogP contribution < -0.4 is 10.2 Å². The van der Waals surface area contributed by atoms with Gasteiger partial charge in [0.15, 0.2) is 0 Å². The number of amides is 3. The number of hydrogen-bond acceptors (Lipinski definition) is 5. The Kier molecular flexibility index (Phi) is 8.49. The van der Waals surface area contributed by atoms with Crippen LogP contribution in [0.3, 0.4) is 0 Å². The molecule has 1 unspecified atom stereocenters. The molecule has 1 N–H and O–H groups in total. The molecule has 4 rings (SSSR count). The normalized spacial score (nSPS) is 18.0. The number of carbonyl (C=O) groups excluding carboxylic acids is 3. The second kappa shape index (κ2) is 11.6. The van der Waals surface area contributed by atoms with Crippen LogP contribution in [0.2, 0.25) is 0 Å². The summed E-state index contributed by atoms with van der Waals surface area (Å²) in [6.45, 7) is 8.58. The molecule has 6 nitrogen and oxygen atoms in total. The summed E-state index contributed by atoms with van der Waals surface area (Å²) in [4.78, 5) is 43.7. The SMILES string of the molecule is CCCCC(CC)CN1C(=O)C(=C2C(=O)N(CC(=O)Nc3c(C)cccc3C)c3ccccc32)SC1=S. The van der Waals surface area contributed by atoms with Crippen molar-refractivity contribution in [3.05, 3.63) is 64.1 Å². The number of thiocarbonyl (C=S) groups is 1. The third-order valence-electron chi connectivity index (χ3n) is 7.03. The maximum Gasteiger partial charge on any atom is 0.267 e. The van der Waals surface area contributed by atoms with Crippen molar-refractivity contribution in [2.24, 2.45) is 5.92 Å². The van der Waals surface area contributed by atoms with Gasteiger partial charge < -0.3 is 5.32 Å². The Bertz CT molecular complexity index is 1270. The van der Waals surface area contributed by atoms with Crippen molar-refractivity contribution in [3.63, 3.8) is 0 Å². The second-order valence-electron chi connectivity index (χ2n) is 9.63. The van der Waals surface area contributed by atoms with E-state index in [1.807, 2.05) is 56.3 Å². The van der Waals surface area contributed by atoms with E-state index in [9.17, 15) is 14.4 Å². The molecule has 1 atom stereocenters. The molecule has 2 aromatic carbocycles. The molecule has 2 aliphatic rings. The Balaban J connectivity index is 1.60. The van der Waals surface area contributed by atoms with E-state index in [1.165, 1.54) is 16.7 Å². The van der Waals surface area contributed by atoms with Gasteiger partial charge >= 0.3 is 0 Å². The van der Waals surface area contributed by atoms with Crippen LogP contribution in [0, 0.1) is 19.8 Å². The van der Waals surface area contributed by atoms with Gasteiger partial charge in [0.25, 0.3) is 11.8 Å². The van der Waals surface area contributed by atoms with Gasteiger partial charge in [-0.2, -0.15) is 0 Å². The highest BCUT2D eigenvalue weighted by Gasteiger charge is 2.42. The van der Waals surface area contributed by atoms with E-state index in [1.54, 1.807) is 4.90 Å². The highest BCUT2D eigenvalue weighted by molar-refractivity contribution is 8.26. The summed E-state index contributed by atoms with van der Waals surface area (Å²) in [5.74, 6) is -0.499. The van der Waals surface area contributed by atoms with Crippen molar-refractivity contribution in [2.45, 2.75) is 53.4 Å². The first-order chi connectivity index (χ1) is 17.8. The van der Waals surface area contributed by atoms with E-state index < -0.39 is 0 Å². The molecule has 2 aliphatic heterocycles. The Morgan fingerprint density at radius 2 is 1.70 bits per heavy atom. The van der Waals surface area contributed by atoms with Gasteiger partial charge in [0, 0.05) is 17.8 Å². The van der Waals surface area contributed by atoms with Crippen LogP contribution in [0.1, 0.15) is 56.2 Å². The Hall–Kier alpha value is -2.97. The zero-order valence-corrected chi connectivity index (χ0v) is 23.4. The Morgan fingerprint density at radius 3 is 2.38 bits per heavy atom. The number of anilines is 2. The maximum atomic E-state index is 13.7. The molecule has 2 aromatic rings. The molecule has 1 fully saturated rings. The predicted molar refractivity (Wildman–Crippen MR) is 155 cm³/mol. The number of carbonyl (C=O) groups is 3. The van der Waals surface area contributed by atoms with Crippen molar-refractivity contribution in [3.8, 4) is 0 Å². The summed E-state index contributed by atoms with van der Waals surface area (Å²) in [5.41, 5.74) is 4.27. The van der Waals surface area contributed by atoms with Gasteiger partial charge in [-0.3, -0.25) is 24.2 Å². The zero-order chi connectivity index (χ0) is 26.7. The van der Waals surface area contributed by atoms with Gasteiger partial charge in [0.2, 0.25) is 5.91 Å². The first kappa shape index (κ1) is 27.1. The highest BCUT2D eigenvalue weighted by Crippen LogP contribution is 2.44. The molecule has 194 valence electrons. The van der Waals surface area contributed by atoms with Gasteiger partial charge in [0.1, 0.15) is 10.9 Å². The number of aryl methyl sites for hydroxylation is 2. The first-order valence-electron chi connectivity index (χ1n) is 12.8. The molecule has 0 bridgehead atoms. The van der Waals surface area contributed by atoms with Gasteiger partial charge in [-0.15, -0.1) is 0 Å². The van der Waals surface area contributed by atoms with Crippen LogP contribution in [0.25, 0.3) is 5.57 Å². The highest BCUT2D eigenvalue weighted by atomic mass is 32.2. The lowest BCUT2D eigenvalue weighted by atomic mass is 9.98. The van der Waals surface area contributed by atoms with Crippen LogP contribution in [0.4, 0.5) is 11.4 Å². The van der Waals surface area contributed by atoms with Gasteiger partial charge in [-0.05, 0) is 43.4 Å². The monoisotopic (exact) mass is 535 g/mol. The van der Waals surface area contributed by atoms with Crippen molar-refractivity contribution < 1.29 is 14.4 Å². The number of unbranched alkanes of at least 4 members (excludes halogenated alkanes) is 1. The van der Waals surface area contributed by atoms with Crippen molar-refractivity contribution in [1.29, 1.82) is 0 Å². The summed E-state index contributed by atoms with van der Waals surface area (Å²) in [6.07, 6.45) is 4.23. The number of nitrogens with zero attached hydrogens (tertiary/aromatic N) is 2. The number of thioether (sulfide) groups is 1. The van der Waals surface area contributed by atoms with Crippen LogP contribution in [-0.2, 0) is 14.4 Å². The van der Waals surface area contributed by atoms with E-state index >= 15 is 0 Å². The molecule has 0 saturated carbocycles. The molecule has 0 aliphatic carbocycles. The van der Waals surface area contributed by atoms with E-state index in [-0.39, 0.29) is 24.3 Å². The Labute approximate surface area is 228 Å². The predicted octanol–water partition coefficient (Wildman–Crippen LogP) is 6.08. The molecular formula is C29H33N3O3S2. The molecular weight excluding hydrogens is 502 g/mol. The summed E-state index contributed by atoms with van der Waals surface area (Å²) in [7, 11) is 0. The first-order valence-corrected chi connectivity index (χ1v) is 14.0. The smallest absolute Gasteiger partial charge is 0.267 e. The molecule has 8 heteroatoms.